The molecule has 0 unspecified atom stereocenters. The zero-order valence-corrected chi connectivity index (χ0v) is 17.5. The molecule has 0 saturated carbocycles. The highest BCUT2D eigenvalue weighted by Crippen LogP contribution is 2.29. The maximum absolute atomic E-state index is 13.4. The SMILES string of the molecule is COc1ccc(-c2nc3ccccc3c(=O)n2-c2cc(Br)ccc2Br)cc1. The van der Waals surface area contributed by atoms with Gasteiger partial charge in [0.05, 0.1) is 23.7 Å². The number of hydrogen-bond acceptors (Lipinski definition) is 3. The summed E-state index contributed by atoms with van der Waals surface area (Å²) in [5.41, 5.74) is 2.09. The molecule has 6 heteroatoms. The van der Waals surface area contributed by atoms with Gasteiger partial charge in [-0.15, -0.1) is 0 Å². The van der Waals surface area contributed by atoms with Crippen LogP contribution in [0.2, 0.25) is 0 Å². The highest BCUT2D eigenvalue weighted by atomic mass is 79.9. The lowest BCUT2D eigenvalue weighted by Crippen LogP contribution is -2.22. The Labute approximate surface area is 172 Å². The Bertz CT molecular complexity index is 1200. The van der Waals surface area contributed by atoms with Crippen LogP contribution in [0, 0.1) is 0 Å². The van der Waals surface area contributed by atoms with Crippen LogP contribution in [0.1, 0.15) is 0 Å². The molecule has 0 atom stereocenters. The standard InChI is InChI=1S/C21H14Br2N2O2/c1-27-15-9-6-13(7-10-15)20-24-18-5-3-2-4-16(18)21(26)25(20)19-12-14(22)8-11-17(19)23/h2-12H,1H3. The van der Waals surface area contributed by atoms with Gasteiger partial charge in [0.1, 0.15) is 11.6 Å². The number of benzene rings is 3. The van der Waals surface area contributed by atoms with E-state index in [1.807, 2.05) is 60.7 Å². The highest BCUT2D eigenvalue weighted by molar-refractivity contribution is 9.11. The third-order valence-electron chi connectivity index (χ3n) is 4.27. The van der Waals surface area contributed by atoms with Crippen LogP contribution in [0.4, 0.5) is 0 Å². The molecule has 134 valence electrons. The Morgan fingerprint density at radius 3 is 2.44 bits per heavy atom. The minimum Gasteiger partial charge on any atom is -0.497 e. The van der Waals surface area contributed by atoms with Crippen molar-refractivity contribution in [3.8, 4) is 22.8 Å². The normalized spacial score (nSPS) is 10.9. The first-order valence-corrected chi connectivity index (χ1v) is 9.79. The van der Waals surface area contributed by atoms with Crippen molar-refractivity contribution in [3.63, 3.8) is 0 Å². The number of hydrogen-bond donors (Lipinski definition) is 0. The molecule has 0 aliphatic heterocycles. The predicted molar refractivity (Wildman–Crippen MR) is 115 cm³/mol. The van der Waals surface area contributed by atoms with Gasteiger partial charge in [-0.05, 0) is 70.5 Å². The molecular weight excluding hydrogens is 472 g/mol. The molecule has 0 N–H and O–H groups in total. The van der Waals surface area contributed by atoms with Gasteiger partial charge in [-0.3, -0.25) is 9.36 Å². The maximum Gasteiger partial charge on any atom is 0.266 e. The lowest BCUT2D eigenvalue weighted by molar-refractivity contribution is 0.415. The van der Waals surface area contributed by atoms with E-state index in [9.17, 15) is 4.79 Å². The van der Waals surface area contributed by atoms with Gasteiger partial charge >= 0.3 is 0 Å². The van der Waals surface area contributed by atoms with Gasteiger partial charge < -0.3 is 4.74 Å². The third kappa shape index (κ3) is 3.31. The molecule has 1 heterocycles. The molecule has 0 radical (unpaired) electrons. The highest BCUT2D eigenvalue weighted by Gasteiger charge is 2.16. The average molecular weight is 486 g/mol. The van der Waals surface area contributed by atoms with E-state index in [1.165, 1.54) is 0 Å². The van der Waals surface area contributed by atoms with Gasteiger partial charge in [0, 0.05) is 14.5 Å². The van der Waals surface area contributed by atoms with E-state index in [0.29, 0.717) is 16.7 Å². The summed E-state index contributed by atoms with van der Waals surface area (Å²) in [5, 5.41) is 0.571. The fourth-order valence-corrected chi connectivity index (χ4v) is 3.72. The Kier molecular flexibility index (Phi) is 4.85. The van der Waals surface area contributed by atoms with E-state index < -0.39 is 0 Å². The molecule has 1 aromatic heterocycles. The zero-order valence-electron chi connectivity index (χ0n) is 14.3. The van der Waals surface area contributed by atoms with Crippen molar-refractivity contribution >= 4 is 42.8 Å². The third-order valence-corrected chi connectivity index (χ3v) is 5.44. The number of rotatable bonds is 3. The summed E-state index contributed by atoms with van der Waals surface area (Å²) in [6, 6.07) is 20.6. The van der Waals surface area contributed by atoms with E-state index in [2.05, 4.69) is 31.9 Å². The van der Waals surface area contributed by atoms with Crippen LogP contribution in [0.3, 0.4) is 0 Å². The van der Waals surface area contributed by atoms with E-state index in [1.54, 1.807) is 17.7 Å². The number of para-hydroxylation sites is 1. The van der Waals surface area contributed by atoms with Crippen molar-refractivity contribution in [2.45, 2.75) is 0 Å². The van der Waals surface area contributed by atoms with Crippen LogP contribution in [0.25, 0.3) is 28.0 Å². The van der Waals surface area contributed by atoms with E-state index in [0.717, 1.165) is 25.9 Å². The van der Waals surface area contributed by atoms with Crippen molar-refractivity contribution < 1.29 is 4.74 Å². The first-order valence-electron chi connectivity index (χ1n) is 8.20. The number of nitrogens with zero attached hydrogens (tertiary/aromatic N) is 2. The van der Waals surface area contributed by atoms with Gasteiger partial charge in [0.2, 0.25) is 0 Å². The monoisotopic (exact) mass is 484 g/mol. The Morgan fingerprint density at radius 2 is 1.70 bits per heavy atom. The minimum absolute atomic E-state index is 0.120. The summed E-state index contributed by atoms with van der Waals surface area (Å²) in [4.78, 5) is 18.2. The van der Waals surface area contributed by atoms with Crippen molar-refractivity contribution in [2.75, 3.05) is 7.11 Å². The number of aromatic nitrogens is 2. The fourth-order valence-electron chi connectivity index (χ4n) is 2.95. The molecule has 0 spiro atoms. The number of halogens is 2. The van der Waals surface area contributed by atoms with Crippen molar-refractivity contribution in [1.82, 2.24) is 9.55 Å². The van der Waals surface area contributed by atoms with E-state index in [-0.39, 0.29) is 5.56 Å². The molecule has 0 aliphatic carbocycles. The average Bonchev–Trinajstić information content (AvgIpc) is 2.70. The second kappa shape index (κ2) is 7.29. The van der Waals surface area contributed by atoms with Gasteiger partial charge in [-0.25, -0.2) is 4.98 Å². The predicted octanol–water partition coefficient (Wildman–Crippen LogP) is 5.59. The van der Waals surface area contributed by atoms with E-state index >= 15 is 0 Å². The summed E-state index contributed by atoms with van der Waals surface area (Å²) in [6.07, 6.45) is 0. The molecule has 27 heavy (non-hydrogen) atoms. The largest absolute Gasteiger partial charge is 0.497 e. The first kappa shape index (κ1) is 17.9. The zero-order chi connectivity index (χ0) is 19.0. The molecule has 0 bridgehead atoms. The van der Waals surface area contributed by atoms with Crippen LogP contribution in [-0.2, 0) is 0 Å². The number of fused-ring (bicyclic) bond motifs is 1. The fraction of sp³-hybridized carbons (Fsp3) is 0.0476. The first-order chi connectivity index (χ1) is 13.1. The summed E-state index contributed by atoms with van der Waals surface area (Å²) in [6.45, 7) is 0. The van der Waals surface area contributed by atoms with Gasteiger partial charge in [-0.1, -0.05) is 28.1 Å². The second-order valence-electron chi connectivity index (χ2n) is 5.92. The van der Waals surface area contributed by atoms with E-state index in [4.69, 9.17) is 9.72 Å². The number of ether oxygens (including phenoxy) is 1. The minimum atomic E-state index is -0.120. The van der Waals surface area contributed by atoms with Crippen molar-refractivity contribution in [1.29, 1.82) is 0 Å². The van der Waals surface area contributed by atoms with Crippen molar-refractivity contribution in [2.24, 2.45) is 0 Å². The quantitative estimate of drug-likeness (QED) is 0.380. The molecule has 4 aromatic rings. The molecule has 0 aliphatic rings. The molecule has 4 nitrogen and oxygen atoms in total. The summed E-state index contributed by atoms with van der Waals surface area (Å²) < 4.78 is 8.57. The Balaban J connectivity index is 2.10. The van der Waals surface area contributed by atoms with Crippen molar-refractivity contribution in [3.05, 3.63) is 86.0 Å². The lowest BCUT2D eigenvalue weighted by Gasteiger charge is -2.16. The van der Waals surface area contributed by atoms with Gasteiger partial charge in [0.25, 0.3) is 5.56 Å². The molecule has 0 amide bonds. The van der Waals surface area contributed by atoms with Gasteiger partial charge in [0.15, 0.2) is 0 Å². The summed E-state index contributed by atoms with van der Waals surface area (Å²) in [7, 11) is 1.62. The molecule has 0 saturated heterocycles. The number of methoxy groups -OCH3 is 1. The van der Waals surface area contributed by atoms with Gasteiger partial charge in [-0.2, -0.15) is 0 Å². The van der Waals surface area contributed by atoms with Crippen LogP contribution in [0.15, 0.2) is 80.5 Å². The summed E-state index contributed by atoms with van der Waals surface area (Å²) in [5.74, 6) is 1.32. The molecule has 4 rings (SSSR count). The molecule has 3 aromatic carbocycles. The van der Waals surface area contributed by atoms with Crippen LogP contribution < -0.4 is 10.3 Å². The summed E-state index contributed by atoms with van der Waals surface area (Å²) >= 11 is 7.06. The van der Waals surface area contributed by atoms with Crippen LogP contribution in [-0.4, -0.2) is 16.7 Å². The molecular formula is C21H14Br2N2O2. The Hall–Kier alpha value is -2.44. The second-order valence-corrected chi connectivity index (χ2v) is 7.69. The smallest absolute Gasteiger partial charge is 0.266 e. The maximum atomic E-state index is 13.4. The Morgan fingerprint density at radius 1 is 0.963 bits per heavy atom. The topological polar surface area (TPSA) is 44.1 Å². The lowest BCUT2D eigenvalue weighted by atomic mass is 10.1. The molecule has 0 fully saturated rings. The van der Waals surface area contributed by atoms with Crippen LogP contribution >= 0.6 is 31.9 Å². The van der Waals surface area contributed by atoms with Crippen LogP contribution in [0.5, 0.6) is 5.75 Å².